The van der Waals surface area contributed by atoms with Gasteiger partial charge in [-0.15, -0.1) is 0 Å². The van der Waals surface area contributed by atoms with Crippen molar-refractivity contribution < 1.29 is 14.3 Å². The summed E-state index contributed by atoms with van der Waals surface area (Å²) in [5, 5.41) is 12.7. The van der Waals surface area contributed by atoms with E-state index in [2.05, 4.69) is 25.9 Å². The number of nitrogens with zero attached hydrogens (tertiary/aromatic N) is 6. The number of benzene rings is 2. The maximum absolute atomic E-state index is 14.6. The molecule has 1 amide bonds. The lowest BCUT2D eigenvalue weighted by Crippen LogP contribution is -2.36. The summed E-state index contributed by atoms with van der Waals surface area (Å²) in [7, 11) is 4.84. The molecule has 0 spiro atoms. The summed E-state index contributed by atoms with van der Waals surface area (Å²) >= 11 is 6.63. The summed E-state index contributed by atoms with van der Waals surface area (Å²) in [5.74, 6) is 1.08. The molecular weight excluding hydrogens is 618 g/mol. The zero-order chi connectivity index (χ0) is 33.4. The van der Waals surface area contributed by atoms with Crippen LogP contribution in [-0.2, 0) is 6.54 Å². The number of carbonyl (C=O) groups is 1. The number of ether oxygens (including phenoxy) is 2. The highest BCUT2D eigenvalue weighted by atomic mass is 35.5. The molecule has 238 valence electrons. The van der Waals surface area contributed by atoms with Gasteiger partial charge in [0.1, 0.15) is 17.5 Å². The van der Waals surface area contributed by atoms with Crippen LogP contribution in [0, 0.1) is 11.3 Å². The summed E-state index contributed by atoms with van der Waals surface area (Å²) in [4.78, 5) is 39.1. The molecule has 1 unspecified atom stereocenters. The molecule has 0 aliphatic carbocycles. The molecule has 0 fully saturated rings. The fourth-order valence-electron chi connectivity index (χ4n) is 6.04. The molecule has 4 heterocycles. The van der Waals surface area contributed by atoms with Crippen LogP contribution in [0.15, 0.2) is 77.9 Å². The van der Waals surface area contributed by atoms with Crippen molar-refractivity contribution in [3.05, 3.63) is 116 Å². The average molecular weight is 650 g/mol. The minimum absolute atomic E-state index is 0.123. The van der Waals surface area contributed by atoms with Crippen molar-refractivity contribution in [2.45, 2.75) is 32.5 Å². The number of nitriles is 1. The SMILES string of the molecule is CNc1ncc(-c2cc3c(n2C(C)C)C(c2ccc(C#N)cc2)N(c2cc(Cl)cn(Cc4ccc(OC)cc4)c2=O)C3=O)c(OC)n1. The normalized spacial score (nSPS) is 13.9. The molecule has 1 atom stereocenters. The fraction of sp³-hybridized carbons (Fsp3) is 0.229. The number of carbonyl (C=O) groups excluding carboxylic acids is 1. The van der Waals surface area contributed by atoms with E-state index in [1.54, 1.807) is 44.8 Å². The highest BCUT2D eigenvalue weighted by Crippen LogP contribution is 2.46. The van der Waals surface area contributed by atoms with Crippen molar-refractivity contribution in [3.63, 3.8) is 0 Å². The Balaban J connectivity index is 1.55. The van der Waals surface area contributed by atoms with E-state index in [-0.39, 0.29) is 29.7 Å². The van der Waals surface area contributed by atoms with Gasteiger partial charge in [0, 0.05) is 25.5 Å². The van der Waals surface area contributed by atoms with Crippen LogP contribution in [0.25, 0.3) is 11.3 Å². The first-order valence-corrected chi connectivity index (χ1v) is 15.3. The number of hydrogen-bond donors (Lipinski definition) is 1. The average Bonchev–Trinajstić information content (AvgIpc) is 3.61. The van der Waals surface area contributed by atoms with E-state index in [1.807, 2.05) is 50.2 Å². The van der Waals surface area contributed by atoms with Crippen LogP contribution in [-0.4, -0.2) is 46.3 Å². The molecule has 6 rings (SSSR count). The number of fused-ring (bicyclic) bond motifs is 1. The Hall–Kier alpha value is -5.60. The van der Waals surface area contributed by atoms with E-state index >= 15 is 0 Å². The Morgan fingerprint density at radius 1 is 1.02 bits per heavy atom. The molecule has 1 N–H and O–H groups in total. The van der Waals surface area contributed by atoms with E-state index in [0.717, 1.165) is 11.1 Å². The van der Waals surface area contributed by atoms with E-state index in [1.165, 1.54) is 22.6 Å². The number of pyridine rings is 1. The van der Waals surface area contributed by atoms with Gasteiger partial charge < -0.3 is 23.9 Å². The first-order valence-electron chi connectivity index (χ1n) is 14.9. The maximum atomic E-state index is 14.6. The number of methoxy groups -OCH3 is 2. The zero-order valence-electron chi connectivity index (χ0n) is 26.5. The largest absolute Gasteiger partial charge is 0.497 e. The molecule has 0 bridgehead atoms. The van der Waals surface area contributed by atoms with Crippen molar-refractivity contribution in [3.8, 4) is 29.0 Å². The van der Waals surface area contributed by atoms with Crippen molar-refractivity contribution in [2.24, 2.45) is 0 Å². The van der Waals surface area contributed by atoms with Crippen molar-refractivity contribution in [2.75, 3.05) is 31.5 Å². The molecule has 11 nitrogen and oxygen atoms in total. The topological polar surface area (TPSA) is 127 Å². The van der Waals surface area contributed by atoms with Gasteiger partial charge in [0.15, 0.2) is 0 Å². The zero-order valence-corrected chi connectivity index (χ0v) is 27.2. The van der Waals surface area contributed by atoms with Gasteiger partial charge in [0.2, 0.25) is 11.8 Å². The second-order valence-corrected chi connectivity index (χ2v) is 11.7. The monoisotopic (exact) mass is 649 g/mol. The smallest absolute Gasteiger partial charge is 0.274 e. The van der Waals surface area contributed by atoms with Gasteiger partial charge in [-0.2, -0.15) is 10.2 Å². The van der Waals surface area contributed by atoms with Crippen LogP contribution in [0.4, 0.5) is 11.6 Å². The van der Waals surface area contributed by atoms with Gasteiger partial charge in [0.05, 0.1) is 59.9 Å². The molecule has 0 saturated heterocycles. The van der Waals surface area contributed by atoms with Crippen LogP contribution < -0.4 is 25.2 Å². The number of aromatic nitrogens is 4. The second kappa shape index (κ2) is 12.7. The summed E-state index contributed by atoms with van der Waals surface area (Å²) < 4.78 is 14.5. The van der Waals surface area contributed by atoms with Crippen LogP contribution in [0.5, 0.6) is 11.6 Å². The molecule has 2 aromatic carbocycles. The van der Waals surface area contributed by atoms with E-state index in [0.29, 0.717) is 50.7 Å². The minimum Gasteiger partial charge on any atom is -0.497 e. The first-order chi connectivity index (χ1) is 22.7. The minimum atomic E-state index is -0.717. The predicted molar refractivity (Wildman–Crippen MR) is 180 cm³/mol. The van der Waals surface area contributed by atoms with Gasteiger partial charge in [0.25, 0.3) is 11.5 Å². The predicted octanol–water partition coefficient (Wildman–Crippen LogP) is 6.07. The highest BCUT2D eigenvalue weighted by molar-refractivity contribution is 6.30. The number of halogens is 1. The molecular formula is C35H32ClN7O4. The van der Waals surface area contributed by atoms with E-state index in [9.17, 15) is 14.9 Å². The number of anilines is 2. The quantitative estimate of drug-likeness (QED) is 0.204. The van der Waals surface area contributed by atoms with E-state index in [4.69, 9.17) is 21.1 Å². The third kappa shape index (κ3) is 5.57. The molecule has 3 aromatic heterocycles. The molecule has 0 radical (unpaired) electrons. The molecule has 12 heteroatoms. The van der Waals surface area contributed by atoms with Gasteiger partial charge >= 0.3 is 0 Å². The Morgan fingerprint density at radius 3 is 2.36 bits per heavy atom. The second-order valence-electron chi connectivity index (χ2n) is 11.3. The van der Waals surface area contributed by atoms with Gasteiger partial charge in [-0.3, -0.25) is 14.5 Å². The number of nitrogens with one attached hydrogen (secondary N) is 1. The Morgan fingerprint density at radius 2 is 1.74 bits per heavy atom. The molecule has 1 aliphatic rings. The third-order valence-electron chi connectivity index (χ3n) is 8.17. The lowest BCUT2D eigenvalue weighted by Gasteiger charge is -2.29. The van der Waals surface area contributed by atoms with Crippen LogP contribution in [0.1, 0.15) is 58.7 Å². The molecule has 5 aromatic rings. The van der Waals surface area contributed by atoms with Crippen LogP contribution in [0.3, 0.4) is 0 Å². The Labute approximate surface area is 276 Å². The van der Waals surface area contributed by atoms with Gasteiger partial charge in [-0.1, -0.05) is 35.9 Å². The van der Waals surface area contributed by atoms with Gasteiger partial charge in [-0.25, -0.2) is 4.98 Å². The summed E-state index contributed by atoms with van der Waals surface area (Å²) in [5.41, 5.74) is 4.22. The summed E-state index contributed by atoms with van der Waals surface area (Å²) in [6.45, 7) is 4.27. The van der Waals surface area contributed by atoms with Crippen LogP contribution in [0.2, 0.25) is 5.02 Å². The maximum Gasteiger partial charge on any atom is 0.274 e. The van der Waals surface area contributed by atoms with Gasteiger partial charge in [-0.05, 0) is 61.4 Å². The molecule has 47 heavy (non-hydrogen) atoms. The number of amides is 1. The number of rotatable bonds is 9. The lowest BCUT2D eigenvalue weighted by atomic mass is 10.0. The molecule has 1 aliphatic heterocycles. The van der Waals surface area contributed by atoms with Crippen LogP contribution >= 0.6 is 11.6 Å². The first kappa shape index (κ1) is 31.4. The Bertz CT molecular complexity index is 2080. The third-order valence-corrected chi connectivity index (χ3v) is 8.37. The van der Waals surface area contributed by atoms with Crippen molar-refractivity contribution >= 4 is 29.1 Å². The summed E-state index contributed by atoms with van der Waals surface area (Å²) in [6.07, 6.45) is 3.23. The summed E-state index contributed by atoms with van der Waals surface area (Å²) in [6, 6.07) is 19.0. The van der Waals surface area contributed by atoms with Crippen molar-refractivity contribution in [1.82, 2.24) is 19.1 Å². The van der Waals surface area contributed by atoms with E-state index < -0.39 is 6.04 Å². The lowest BCUT2D eigenvalue weighted by molar-refractivity contribution is 0.0993. The molecule has 0 saturated carbocycles. The highest BCUT2D eigenvalue weighted by Gasteiger charge is 2.44. The van der Waals surface area contributed by atoms with Crippen molar-refractivity contribution in [1.29, 1.82) is 5.26 Å². The fourth-order valence-corrected chi connectivity index (χ4v) is 6.26. The Kier molecular flexibility index (Phi) is 8.45. The number of hydrogen-bond acceptors (Lipinski definition) is 8. The standard InChI is InChI=1S/C35H32ClN7O4/c1-20(2)42-28(27-17-39-35(38-3)40-32(27)47-5)15-26-31(42)30(23-10-6-21(16-37)7-11-23)43(33(26)44)29-14-24(36)19-41(34(29)45)18-22-8-12-25(46-4)13-9-22/h6-15,17,19-20,30H,18H2,1-5H3,(H,38,39,40).